The van der Waals surface area contributed by atoms with Crippen molar-refractivity contribution in [1.29, 1.82) is 0 Å². The molecular formula is C30H41N5O. The van der Waals surface area contributed by atoms with Crippen LogP contribution in [-0.2, 0) is 6.42 Å². The van der Waals surface area contributed by atoms with Crippen molar-refractivity contribution in [2.24, 2.45) is 5.92 Å². The highest BCUT2D eigenvalue weighted by Gasteiger charge is 2.23. The highest BCUT2D eigenvalue weighted by atomic mass is 16.2. The molecule has 6 nitrogen and oxygen atoms in total. The molecule has 1 aliphatic rings. The van der Waals surface area contributed by atoms with Gasteiger partial charge in [0.15, 0.2) is 0 Å². The van der Waals surface area contributed by atoms with Crippen molar-refractivity contribution in [3.8, 4) is 0 Å². The largest absolute Gasteiger partial charge is 0.377 e. The van der Waals surface area contributed by atoms with E-state index in [1.165, 1.54) is 22.2 Å². The lowest BCUT2D eigenvalue weighted by Gasteiger charge is -2.30. The number of amides is 2. The predicted molar refractivity (Wildman–Crippen MR) is 152 cm³/mol. The summed E-state index contributed by atoms with van der Waals surface area (Å²) in [6.45, 7) is 7.17. The third-order valence-electron chi connectivity index (χ3n) is 7.35. The fourth-order valence-corrected chi connectivity index (χ4v) is 5.26. The quantitative estimate of drug-likeness (QED) is 0.328. The van der Waals surface area contributed by atoms with Gasteiger partial charge in [-0.2, -0.15) is 0 Å². The Balaban J connectivity index is 1.30. The molecule has 0 bridgehead atoms. The Morgan fingerprint density at radius 2 is 1.81 bits per heavy atom. The number of rotatable bonds is 8. The Labute approximate surface area is 215 Å². The topological polar surface area (TPSA) is 69.3 Å². The van der Waals surface area contributed by atoms with Gasteiger partial charge in [0.2, 0.25) is 0 Å². The Hall–Kier alpha value is -3.28. The van der Waals surface area contributed by atoms with Gasteiger partial charge in [-0.1, -0.05) is 57.2 Å². The zero-order chi connectivity index (χ0) is 25.7. The van der Waals surface area contributed by atoms with Crippen molar-refractivity contribution < 1.29 is 4.79 Å². The van der Waals surface area contributed by atoms with Crippen LogP contribution in [0.4, 0.5) is 22.0 Å². The minimum absolute atomic E-state index is 0.102. The van der Waals surface area contributed by atoms with Gasteiger partial charge in [0.25, 0.3) is 0 Å². The summed E-state index contributed by atoms with van der Waals surface area (Å²) in [6, 6.07) is 17.0. The van der Waals surface area contributed by atoms with Crippen LogP contribution in [-0.4, -0.2) is 37.7 Å². The zero-order valence-electron chi connectivity index (χ0n) is 22.4. The minimum atomic E-state index is -0.102. The summed E-state index contributed by atoms with van der Waals surface area (Å²) in [5.74, 6) is 1.80. The first-order valence-corrected chi connectivity index (χ1v) is 13.4. The van der Waals surface area contributed by atoms with Gasteiger partial charge in [0.05, 0.1) is 5.52 Å². The van der Waals surface area contributed by atoms with Crippen molar-refractivity contribution >= 4 is 34.1 Å². The van der Waals surface area contributed by atoms with Crippen molar-refractivity contribution in [2.75, 3.05) is 36.2 Å². The molecule has 0 saturated heterocycles. The van der Waals surface area contributed by atoms with Crippen LogP contribution >= 0.6 is 0 Å². The number of carbonyl (C=O) groups is 1. The SMILES string of the molecule is CCc1cccc(C(C)C)c1NC(=O)NCC1CCC(Nc2cc(N(C)C)c3ccccc3n2)CC1. The molecule has 0 atom stereocenters. The monoisotopic (exact) mass is 487 g/mol. The summed E-state index contributed by atoms with van der Waals surface area (Å²) in [5, 5.41) is 11.1. The molecule has 1 aliphatic carbocycles. The van der Waals surface area contributed by atoms with E-state index in [1.807, 2.05) is 6.07 Å². The summed E-state index contributed by atoms with van der Waals surface area (Å²) in [5.41, 5.74) is 5.54. The molecule has 1 saturated carbocycles. The highest BCUT2D eigenvalue weighted by molar-refractivity contribution is 5.93. The van der Waals surface area contributed by atoms with E-state index < -0.39 is 0 Å². The highest BCUT2D eigenvalue weighted by Crippen LogP contribution is 2.31. The third kappa shape index (κ3) is 6.10. The second kappa shape index (κ2) is 11.6. The van der Waals surface area contributed by atoms with E-state index in [-0.39, 0.29) is 6.03 Å². The van der Waals surface area contributed by atoms with E-state index in [4.69, 9.17) is 4.98 Å². The van der Waals surface area contributed by atoms with Gasteiger partial charge in [0, 0.05) is 49.5 Å². The number of benzene rings is 2. The van der Waals surface area contributed by atoms with Crippen LogP contribution in [0.1, 0.15) is 63.5 Å². The molecule has 6 heteroatoms. The molecule has 2 aromatic carbocycles. The van der Waals surface area contributed by atoms with E-state index in [0.717, 1.165) is 49.1 Å². The van der Waals surface area contributed by atoms with Crippen LogP contribution in [0.2, 0.25) is 0 Å². The Morgan fingerprint density at radius 3 is 2.50 bits per heavy atom. The van der Waals surface area contributed by atoms with Crippen LogP contribution in [0.3, 0.4) is 0 Å². The number of nitrogens with zero attached hydrogens (tertiary/aromatic N) is 2. The minimum Gasteiger partial charge on any atom is -0.377 e. The third-order valence-corrected chi connectivity index (χ3v) is 7.35. The zero-order valence-corrected chi connectivity index (χ0v) is 22.4. The van der Waals surface area contributed by atoms with Gasteiger partial charge in [-0.15, -0.1) is 0 Å². The van der Waals surface area contributed by atoms with E-state index in [1.54, 1.807) is 0 Å². The lowest BCUT2D eigenvalue weighted by atomic mass is 9.86. The average Bonchev–Trinajstić information content (AvgIpc) is 2.87. The first kappa shape index (κ1) is 25.8. The molecule has 4 rings (SSSR count). The summed E-state index contributed by atoms with van der Waals surface area (Å²) in [4.78, 5) is 19.8. The molecule has 192 valence electrons. The molecule has 0 unspecified atom stereocenters. The number of anilines is 3. The summed E-state index contributed by atoms with van der Waals surface area (Å²) in [7, 11) is 4.15. The lowest BCUT2D eigenvalue weighted by molar-refractivity contribution is 0.246. The smallest absolute Gasteiger partial charge is 0.319 e. The summed E-state index contributed by atoms with van der Waals surface area (Å²) < 4.78 is 0. The number of aromatic nitrogens is 1. The lowest BCUT2D eigenvalue weighted by Crippen LogP contribution is -2.36. The number of hydrogen-bond donors (Lipinski definition) is 3. The number of urea groups is 1. The number of aryl methyl sites for hydroxylation is 1. The number of fused-ring (bicyclic) bond motifs is 1. The second-order valence-corrected chi connectivity index (χ2v) is 10.5. The number of pyridine rings is 1. The fourth-order valence-electron chi connectivity index (χ4n) is 5.26. The van der Waals surface area contributed by atoms with E-state index >= 15 is 0 Å². The Morgan fingerprint density at radius 1 is 1.06 bits per heavy atom. The maximum absolute atomic E-state index is 12.8. The van der Waals surface area contributed by atoms with Crippen LogP contribution < -0.4 is 20.9 Å². The molecule has 0 radical (unpaired) electrons. The van der Waals surface area contributed by atoms with Crippen molar-refractivity contribution in [1.82, 2.24) is 10.3 Å². The Kier molecular flexibility index (Phi) is 8.34. The molecule has 0 aliphatic heterocycles. The second-order valence-electron chi connectivity index (χ2n) is 10.5. The Bertz CT molecular complexity index is 1180. The summed E-state index contributed by atoms with van der Waals surface area (Å²) in [6.07, 6.45) is 5.24. The number of carbonyl (C=O) groups excluding carboxylic acids is 1. The maximum Gasteiger partial charge on any atom is 0.319 e. The van der Waals surface area contributed by atoms with Crippen LogP contribution in [0.25, 0.3) is 10.9 Å². The fraction of sp³-hybridized carbons (Fsp3) is 0.467. The average molecular weight is 488 g/mol. The first-order chi connectivity index (χ1) is 17.4. The molecule has 1 heterocycles. The first-order valence-electron chi connectivity index (χ1n) is 13.4. The molecular weight excluding hydrogens is 446 g/mol. The summed E-state index contributed by atoms with van der Waals surface area (Å²) >= 11 is 0. The molecule has 36 heavy (non-hydrogen) atoms. The van der Waals surface area contributed by atoms with Gasteiger partial charge < -0.3 is 20.9 Å². The number of nitrogens with one attached hydrogen (secondary N) is 3. The maximum atomic E-state index is 12.8. The number of hydrogen-bond acceptors (Lipinski definition) is 4. The number of para-hydroxylation sites is 2. The standard InChI is InChI=1S/C30H41N5O/c1-6-22-10-9-12-24(20(2)3)29(22)34-30(36)31-19-21-14-16-23(17-15-21)32-28-18-27(35(4)5)25-11-7-8-13-26(25)33-28/h7-13,18,20-21,23H,6,14-17,19H2,1-5H3,(H,32,33)(H2,31,34,36). The predicted octanol–water partition coefficient (Wildman–Crippen LogP) is 6.78. The van der Waals surface area contributed by atoms with Gasteiger partial charge in [-0.05, 0) is 61.1 Å². The molecule has 2 amide bonds. The van der Waals surface area contributed by atoms with E-state index in [2.05, 4.69) is 98.2 Å². The van der Waals surface area contributed by atoms with Crippen molar-refractivity contribution in [3.63, 3.8) is 0 Å². The molecule has 1 fully saturated rings. The molecule has 3 N–H and O–H groups in total. The van der Waals surface area contributed by atoms with Crippen molar-refractivity contribution in [3.05, 3.63) is 59.7 Å². The van der Waals surface area contributed by atoms with Crippen molar-refractivity contribution in [2.45, 2.75) is 64.8 Å². The van der Waals surface area contributed by atoms with Gasteiger partial charge in [-0.3, -0.25) is 0 Å². The van der Waals surface area contributed by atoms with Gasteiger partial charge >= 0.3 is 6.03 Å². The van der Waals surface area contributed by atoms with Gasteiger partial charge in [0.1, 0.15) is 5.82 Å². The van der Waals surface area contributed by atoms with Crippen LogP contribution in [0.15, 0.2) is 48.5 Å². The molecule has 1 aromatic heterocycles. The van der Waals surface area contributed by atoms with Gasteiger partial charge in [-0.25, -0.2) is 9.78 Å². The molecule has 3 aromatic rings. The normalized spacial score (nSPS) is 17.7. The van der Waals surface area contributed by atoms with Crippen LogP contribution in [0.5, 0.6) is 0 Å². The van der Waals surface area contributed by atoms with E-state index in [9.17, 15) is 4.79 Å². The van der Waals surface area contributed by atoms with E-state index in [0.29, 0.717) is 24.4 Å². The molecule has 0 spiro atoms. The van der Waals surface area contributed by atoms with Crippen LogP contribution in [0, 0.1) is 5.92 Å².